The number of fused-ring (bicyclic) bond motifs is 1. The lowest BCUT2D eigenvalue weighted by atomic mass is 9.92. The molecule has 0 radical (unpaired) electrons. The molecule has 40 heavy (non-hydrogen) atoms. The smallest absolute Gasteiger partial charge is 0.266 e. The van der Waals surface area contributed by atoms with Crippen LogP contribution in [0.3, 0.4) is 0 Å². The van der Waals surface area contributed by atoms with Gasteiger partial charge in [-0.05, 0) is 80.3 Å². The van der Waals surface area contributed by atoms with Crippen LogP contribution >= 0.6 is 0 Å². The summed E-state index contributed by atoms with van der Waals surface area (Å²) in [6.45, 7) is 14.4. The van der Waals surface area contributed by atoms with Gasteiger partial charge in [0.1, 0.15) is 5.75 Å². The second kappa shape index (κ2) is 13.1. The van der Waals surface area contributed by atoms with Gasteiger partial charge in [0.2, 0.25) is 10.0 Å². The maximum absolute atomic E-state index is 11.8. The van der Waals surface area contributed by atoms with Gasteiger partial charge in [0.05, 0.1) is 19.4 Å². The number of piperazine rings is 1. The van der Waals surface area contributed by atoms with E-state index in [-0.39, 0.29) is 0 Å². The van der Waals surface area contributed by atoms with Crippen LogP contribution in [-0.4, -0.2) is 114 Å². The van der Waals surface area contributed by atoms with Crippen LogP contribution in [0.25, 0.3) is 0 Å². The highest BCUT2D eigenvalue weighted by Gasteiger charge is 2.24. The van der Waals surface area contributed by atoms with Crippen molar-refractivity contribution in [2.24, 2.45) is 5.92 Å². The highest BCUT2D eigenvalue weighted by molar-refractivity contribution is 7.88. The number of nitrogens with zero attached hydrogens (tertiary/aromatic N) is 8. The van der Waals surface area contributed by atoms with Crippen molar-refractivity contribution in [3.05, 3.63) is 29.3 Å². The number of anilines is 1. The van der Waals surface area contributed by atoms with Gasteiger partial charge in [-0.25, -0.2) is 8.42 Å². The van der Waals surface area contributed by atoms with Crippen molar-refractivity contribution in [2.75, 3.05) is 70.1 Å². The third kappa shape index (κ3) is 7.71. The predicted molar refractivity (Wildman–Crippen MR) is 156 cm³/mol. The van der Waals surface area contributed by atoms with Crippen molar-refractivity contribution in [1.82, 2.24) is 34.3 Å². The zero-order valence-corrected chi connectivity index (χ0v) is 25.2. The van der Waals surface area contributed by atoms with Gasteiger partial charge in [-0.1, -0.05) is 11.2 Å². The summed E-state index contributed by atoms with van der Waals surface area (Å²) in [6.07, 6.45) is 6.49. The second-order valence-corrected chi connectivity index (χ2v) is 13.8. The molecule has 12 heteroatoms. The first-order valence-electron chi connectivity index (χ1n) is 14.9. The zero-order valence-electron chi connectivity index (χ0n) is 24.4. The Bertz CT molecular complexity index is 1200. The van der Waals surface area contributed by atoms with Gasteiger partial charge >= 0.3 is 0 Å². The van der Waals surface area contributed by atoms with Crippen LogP contribution < -0.4 is 9.64 Å². The first-order chi connectivity index (χ1) is 19.2. The minimum atomic E-state index is -3.15. The molecule has 2 aromatic rings. The van der Waals surface area contributed by atoms with Gasteiger partial charge < -0.3 is 9.64 Å². The van der Waals surface area contributed by atoms with Gasteiger partial charge in [0.25, 0.3) is 5.95 Å². The minimum absolute atomic E-state index is 0.453. The average Bonchev–Trinajstić information content (AvgIpc) is 3.43. The Morgan fingerprint density at radius 1 is 1.00 bits per heavy atom. The number of benzene rings is 1. The number of hydrogen-bond acceptors (Lipinski definition) is 9. The fourth-order valence-corrected chi connectivity index (χ4v) is 6.85. The molecule has 0 N–H and O–H groups in total. The van der Waals surface area contributed by atoms with Crippen LogP contribution in [-0.2, 0) is 29.5 Å². The van der Waals surface area contributed by atoms with Crippen LogP contribution in [0.1, 0.15) is 50.7 Å². The number of sulfonamides is 1. The number of aromatic nitrogens is 4. The molecular weight excluding hydrogens is 528 g/mol. The third-order valence-corrected chi connectivity index (χ3v) is 9.99. The van der Waals surface area contributed by atoms with Gasteiger partial charge in [-0.2, -0.15) is 9.10 Å². The van der Waals surface area contributed by atoms with Gasteiger partial charge in [0, 0.05) is 64.9 Å². The molecule has 5 rings (SSSR count). The van der Waals surface area contributed by atoms with E-state index < -0.39 is 10.0 Å². The molecule has 0 aliphatic carbocycles. The van der Waals surface area contributed by atoms with E-state index in [2.05, 4.69) is 50.0 Å². The molecule has 0 atom stereocenters. The van der Waals surface area contributed by atoms with Crippen LogP contribution in [0.2, 0.25) is 0 Å². The number of hydrogen-bond donors (Lipinski definition) is 0. The quantitative estimate of drug-likeness (QED) is 0.374. The van der Waals surface area contributed by atoms with Crippen molar-refractivity contribution < 1.29 is 13.2 Å². The molecule has 11 nitrogen and oxygen atoms in total. The predicted octanol–water partition coefficient (Wildman–Crippen LogP) is 2.09. The second-order valence-electron chi connectivity index (χ2n) is 11.9. The fraction of sp³-hybridized carbons (Fsp3) is 0.750. The van der Waals surface area contributed by atoms with Gasteiger partial charge in [-0.3, -0.25) is 9.80 Å². The van der Waals surface area contributed by atoms with Crippen molar-refractivity contribution in [2.45, 2.75) is 65.1 Å². The minimum Gasteiger partial charge on any atom is -0.494 e. The van der Waals surface area contributed by atoms with Crippen LogP contribution in [0, 0.1) is 5.92 Å². The lowest BCUT2D eigenvalue weighted by Crippen LogP contribution is -2.49. The summed E-state index contributed by atoms with van der Waals surface area (Å²) >= 11 is 0. The van der Waals surface area contributed by atoms with E-state index in [1.165, 1.54) is 16.1 Å². The summed E-state index contributed by atoms with van der Waals surface area (Å²) in [6, 6.07) is 6.69. The van der Waals surface area contributed by atoms with E-state index in [4.69, 9.17) is 4.74 Å². The lowest BCUT2D eigenvalue weighted by Gasteiger charge is -2.36. The summed E-state index contributed by atoms with van der Waals surface area (Å²) in [5, 5.41) is 13.3. The molecule has 1 aromatic carbocycles. The summed E-state index contributed by atoms with van der Waals surface area (Å²) in [4.78, 5) is 9.07. The van der Waals surface area contributed by atoms with E-state index in [1.54, 1.807) is 4.80 Å². The lowest BCUT2D eigenvalue weighted by molar-refractivity contribution is 0.104. The van der Waals surface area contributed by atoms with Crippen molar-refractivity contribution >= 4 is 16.0 Å². The Morgan fingerprint density at radius 2 is 1.77 bits per heavy atom. The summed E-state index contributed by atoms with van der Waals surface area (Å²) in [7, 11) is -3.15. The molecule has 3 aliphatic rings. The first-order valence-corrected chi connectivity index (χ1v) is 16.8. The molecule has 1 aromatic heterocycles. The molecule has 2 saturated heterocycles. The summed E-state index contributed by atoms with van der Waals surface area (Å²) in [5.74, 6) is 2.34. The van der Waals surface area contributed by atoms with Crippen molar-refractivity contribution in [1.29, 1.82) is 0 Å². The molecular formula is C28H46N8O3S. The largest absolute Gasteiger partial charge is 0.494 e. The highest BCUT2D eigenvalue weighted by Crippen LogP contribution is 2.27. The monoisotopic (exact) mass is 574 g/mol. The number of rotatable bonds is 11. The molecule has 4 heterocycles. The van der Waals surface area contributed by atoms with Crippen LogP contribution in [0.5, 0.6) is 5.75 Å². The van der Waals surface area contributed by atoms with Gasteiger partial charge in [-0.15, -0.1) is 5.10 Å². The number of ether oxygens (including phenoxy) is 1. The Morgan fingerprint density at radius 3 is 2.50 bits per heavy atom. The Hall–Kier alpha value is -2.28. The molecule has 222 valence electrons. The molecule has 0 amide bonds. The number of tetrazole rings is 1. The Balaban J connectivity index is 0.974. The molecule has 0 unspecified atom stereocenters. The molecule has 0 saturated carbocycles. The average molecular weight is 575 g/mol. The normalized spacial score (nSPS) is 20.2. The van der Waals surface area contributed by atoms with E-state index in [9.17, 15) is 8.42 Å². The fourth-order valence-electron chi connectivity index (χ4n) is 6.05. The number of piperidine rings is 1. The SMILES string of the molecule is CC(C)N1CCN(CCn2nnc(N3CCC(CCCOc4ccc5c(c4)CCN(S(C)(=O)=O)C5)CC3)n2)CC1. The maximum atomic E-state index is 11.8. The van der Waals surface area contributed by atoms with Crippen molar-refractivity contribution in [3.63, 3.8) is 0 Å². The molecule has 2 fully saturated rings. The van der Waals surface area contributed by atoms with E-state index in [0.717, 1.165) is 102 Å². The molecule has 0 spiro atoms. The van der Waals surface area contributed by atoms with E-state index >= 15 is 0 Å². The van der Waals surface area contributed by atoms with E-state index in [1.807, 2.05) is 12.1 Å². The summed E-state index contributed by atoms with van der Waals surface area (Å²) in [5.41, 5.74) is 2.27. The Kier molecular flexibility index (Phi) is 9.60. The maximum Gasteiger partial charge on any atom is 0.266 e. The van der Waals surface area contributed by atoms with Crippen molar-refractivity contribution in [3.8, 4) is 5.75 Å². The van der Waals surface area contributed by atoms with Crippen LogP contribution in [0.15, 0.2) is 18.2 Å². The van der Waals surface area contributed by atoms with E-state index in [0.29, 0.717) is 31.7 Å². The first kappa shape index (κ1) is 29.2. The standard InChI is InChI=1S/C28H46N8O3S/c1-23(2)33-17-14-32(15-18-33)16-19-36-30-28(29-31-36)34-11-8-24(9-12-34)5-4-20-39-27-7-6-26-22-35(40(3,37)38)13-10-25(26)21-27/h6-7,21,23-24H,4-5,8-20,22H2,1-3H3. The highest BCUT2D eigenvalue weighted by atomic mass is 32.2. The van der Waals surface area contributed by atoms with Gasteiger partial charge in [0.15, 0.2) is 0 Å². The third-order valence-electron chi connectivity index (χ3n) is 8.74. The topological polar surface area (TPSA) is 99.9 Å². The molecule has 0 bridgehead atoms. The van der Waals surface area contributed by atoms with Crippen LogP contribution in [0.4, 0.5) is 5.95 Å². The summed E-state index contributed by atoms with van der Waals surface area (Å²) < 4.78 is 31.3. The Labute approximate surface area is 239 Å². The zero-order chi connectivity index (χ0) is 28.1. The molecule has 3 aliphatic heterocycles.